The zero-order valence-corrected chi connectivity index (χ0v) is 19.5. The lowest BCUT2D eigenvalue weighted by atomic mass is 9.81. The van der Waals surface area contributed by atoms with Gasteiger partial charge in [0.15, 0.2) is 5.13 Å². The number of hydrogen-bond acceptors (Lipinski definition) is 4. The van der Waals surface area contributed by atoms with Crippen molar-refractivity contribution < 1.29 is 9.59 Å². The van der Waals surface area contributed by atoms with E-state index in [1.54, 1.807) is 4.90 Å². The summed E-state index contributed by atoms with van der Waals surface area (Å²) in [6.45, 7) is 1.72. The molecule has 3 aromatic rings. The molecule has 31 heavy (non-hydrogen) atoms. The Bertz CT molecular complexity index is 1170. The van der Waals surface area contributed by atoms with Crippen molar-refractivity contribution in [2.75, 3.05) is 29.9 Å². The number of thiazole rings is 1. The normalized spacial score (nSPS) is 19.7. The second kappa shape index (κ2) is 7.93. The summed E-state index contributed by atoms with van der Waals surface area (Å²) in [6.07, 6.45) is 2.31. The first-order valence-corrected chi connectivity index (χ1v) is 11.8. The van der Waals surface area contributed by atoms with E-state index >= 15 is 0 Å². The Labute approximate surface area is 197 Å². The number of fused-ring (bicyclic) bond motifs is 2. The van der Waals surface area contributed by atoms with Gasteiger partial charge in [0.2, 0.25) is 0 Å². The first kappa shape index (κ1) is 20.5. The number of likely N-dealkylation sites (tertiary alicyclic amines) is 1. The van der Waals surface area contributed by atoms with Crippen LogP contribution in [0.15, 0.2) is 59.2 Å². The number of rotatable bonds is 2. The lowest BCUT2D eigenvalue weighted by Gasteiger charge is -2.26. The molecule has 1 N–H and O–H groups in total. The van der Waals surface area contributed by atoms with E-state index < -0.39 is 0 Å². The Kier molecular flexibility index (Phi) is 5.24. The van der Waals surface area contributed by atoms with Gasteiger partial charge in [0.25, 0.3) is 5.91 Å². The summed E-state index contributed by atoms with van der Waals surface area (Å²) in [6, 6.07) is 15.0. The number of carbonyl (C=O) groups excluding carboxylic acids is 2. The first-order chi connectivity index (χ1) is 14.9. The van der Waals surface area contributed by atoms with Crippen LogP contribution in [-0.2, 0) is 5.41 Å². The molecule has 5 rings (SSSR count). The van der Waals surface area contributed by atoms with Gasteiger partial charge in [0, 0.05) is 40.8 Å². The van der Waals surface area contributed by atoms with Gasteiger partial charge in [-0.2, -0.15) is 0 Å². The molecule has 3 heterocycles. The highest BCUT2D eigenvalue weighted by molar-refractivity contribution is 9.10. The lowest BCUT2D eigenvalue weighted by molar-refractivity contribution is 0.0784. The summed E-state index contributed by atoms with van der Waals surface area (Å²) in [5.74, 6) is 0.0225. The second-order valence-electron chi connectivity index (χ2n) is 7.77. The standard InChI is InChI=1S/C22H18BrClN4O2S/c23-15-6-7-17-16(10-15)22(13-28(17)21(30)26-20-25-11-18(24)31-20)8-9-27(12-22)19(29)14-4-2-1-3-5-14/h1-7,10-11H,8-9,12-13H2,(H,25,26,30). The molecule has 1 aromatic heterocycles. The van der Waals surface area contributed by atoms with E-state index in [0.717, 1.165) is 22.1 Å². The van der Waals surface area contributed by atoms with E-state index in [1.807, 2.05) is 47.4 Å². The van der Waals surface area contributed by atoms with Gasteiger partial charge < -0.3 is 4.90 Å². The molecule has 0 saturated carbocycles. The summed E-state index contributed by atoms with van der Waals surface area (Å²) in [5, 5.41) is 3.30. The van der Waals surface area contributed by atoms with Gasteiger partial charge in [-0.15, -0.1) is 0 Å². The van der Waals surface area contributed by atoms with Crippen LogP contribution in [-0.4, -0.2) is 41.5 Å². The van der Waals surface area contributed by atoms with E-state index in [1.165, 1.54) is 17.5 Å². The van der Waals surface area contributed by atoms with Crippen LogP contribution in [0.2, 0.25) is 4.34 Å². The van der Waals surface area contributed by atoms with E-state index in [0.29, 0.717) is 34.7 Å². The highest BCUT2D eigenvalue weighted by Gasteiger charge is 2.50. The number of hydrogen-bond donors (Lipinski definition) is 1. The van der Waals surface area contributed by atoms with Gasteiger partial charge in [0.1, 0.15) is 4.34 Å². The molecule has 0 bridgehead atoms. The molecule has 3 amide bonds. The van der Waals surface area contributed by atoms with Crippen molar-refractivity contribution in [3.05, 3.63) is 74.7 Å². The van der Waals surface area contributed by atoms with Gasteiger partial charge in [-0.25, -0.2) is 9.78 Å². The van der Waals surface area contributed by atoms with Gasteiger partial charge in [-0.05, 0) is 42.3 Å². The van der Waals surface area contributed by atoms with Crippen molar-refractivity contribution in [1.82, 2.24) is 9.88 Å². The number of aromatic nitrogens is 1. The zero-order chi connectivity index (χ0) is 21.6. The van der Waals surface area contributed by atoms with E-state index in [2.05, 4.69) is 32.3 Å². The Morgan fingerprint density at radius 1 is 1.16 bits per heavy atom. The molecule has 1 atom stereocenters. The summed E-state index contributed by atoms with van der Waals surface area (Å²) in [4.78, 5) is 33.9. The van der Waals surface area contributed by atoms with Crippen molar-refractivity contribution in [3.63, 3.8) is 0 Å². The smallest absolute Gasteiger partial charge is 0.328 e. The number of nitrogens with zero attached hydrogens (tertiary/aromatic N) is 3. The van der Waals surface area contributed by atoms with Crippen LogP contribution in [0.5, 0.6) is 0 Å². The number of benzene rings is 2. The van der Waals surface area contributed by atoms with Crippen LogP contribution in [0.1, 0.15) is 22.3 Å². The largest absolute Gasteiger partial charge is 0.338 e. The summed E-state index contributed by atoms with van der Waals surface area (Å²) in [7, 11) is 0. The maximum absolute atomic E-state index is 13.1. The number of amides is 3. The summed E-state index contributed by atoms with van der Waals surface area (Å²) in [5.41, 5.74) is 2.32. The molecule has 2 aliphatic heterocycles. The fourth-order valence-electron chi connectivity index (χ4n) is 4.45. The quantitative estimate of drug-likeness (QED) is 0.495. The van der Waals surface area contributed by atoms with Gasteiger partial charge in [-0.3, -0.25) is 15.0 Å². The predicted molar refractivity (Wildman–Crippen MR) is 126 cm³/mol. The number of urea groups is 1. The average Bonchev–Trinajstić information content (AvgIpc) is 3.47. The molecular weight excluding hydrogens is 500 g/mol. The minimum absolute atomic E-state index is 0.0225. The minimum Gasteiger partial charge on any atom is -0.338 e. The Morgan fingerprint density at radius 2 is 1.97 bits per heavy atom. The Morgan fingerprint density at radius 3 is 2.71 bits per heavy atom. The molecule has 1 saturated heterocycles. The van der Waals surface area contributed by atoms with Crippen LogP contribution < -0.4 is 10.2 Å². The molecule has 1 spiro atoms. The van der Waals surface area contributed by atoms with Crippen molar-refractivity contribution in [1.29, 1.82) is 0 Å². The average molecular weight is 518 g/mol. The minimum atomic E-state index is -0.304. The van der Waals surface area contributed by atoms with E-state index in [4.69, 9.17) is 11.6 Å². The molecular formula is C22H18BrClN4O2S. The molecule has 2 aliphatic rings. The highest BCUT2D eigenvalue weighted by atomic mass is 79.9. The number of nitrogens with one attached hydrogen (secondary N) is 1. The monoisotopic (exact) mass is 516 g/mol. The van der Waals surface area contributed by atoms with Crippen molar-refractivity contribution in [2.45, 2.75) is 11.8 Å². The third-order valence-corrected chi connectivity index (χ3v) is 7.40. The Balaban J connectivity index is 1.43. The van der Waals surface area contributed by atoms with Crippen LogP contribution in [0, 0.1) is 0 Å². The molecule has 158 valence electrons. The van der Waals surface area contributed by atoms with Crippen LogP contribution >= 0.6 is 38.9 Å². The van der Waals surface area contributed by atoms with Crippen LogP contribution in [0.4, 0.5) is 15.6 Å². The maximum Gasteiger partial charge on any atom is 0.328 e. The number of anilines is 2. The molecule has 2 aromatic carbocycles. The second-order valence-corrected chi connectivity index (χ2v) is 10.3. The maximum atomic E-state index is 13.1. The molecule has 6 nitrogen and oxygen atoms in total. The zero-order valence-electron chi connectivity index (χ0n) is 16.3. The van der Waals surface area contributed by atoms with Gasteiger partial charge >= 0.3 is 6.03 Å². The molecule has 1 fully saturated rings. The lowest BCUT2D eigenvalue weighted by Crippen LogP contribution is -2.41. The topological polar surface area (TPSA) is 65.5 Å². The predicted octanol–water partition coefficient (Wildman–Crippen LogP) is 5.40. The van der Waals surface area contributed by atoms with Crippen LogP contribution in [0.25, 0.3) is 0 Å². The van der Waals surface area contributed by atoms with Crippen LogP contribution in [0.3, 0.4) is 0 Å². The number of carbonyl (C=O) groups is 2. The highest BCUT2D eigenvalue weighted by Crippen LogP contribution is 2.47. The SMILES string of the molecule is O=C(c1ccccc1)N1CCC2(C1)CN(C(=O)Nc1ncc(Cl)s1)c1ccc(Br)cc12. The molecule has 0 aliphatic carbocycles. The first-order valence-electron chi connectivity index (χ1n) is 9.79. The van der Waals surface area contributed by atoms with Gasteiger partial charge in [0.05, 0.1) is 6.20 Å². The fourth-order valence-corrected chi connectivity index (χ4v) is 5.61. The number of halogens is 2. The Hall–Kier alpha value is -2.42. The van der Waals surface area contributed by atoms with Crippen molar-refractivity contribution in [2.24, 2.45) is 0 Å². The fraction of sp³-hybridized carbons (Fsp3) is 0.227. The molecule has 9 heteroatoms. The van der Waals surface area contributed by atoms with E-state index in [9.17, 15) is 9.59 Å². The third-order valence-electron chi connectivity index (χ3n) is 5.88. The summed E-state index contributed by atoms with van der Waals surface area (Å²) >= 11 is 10.7. The van der Waals surface area contributed by atoms with E-state index in [-0.39, 0.29) is 17.4 Å². The third kappa shape index (κ3) is 3.73. The van der Waals surface area contributed by atoms with Crippen molar-refractivity contribution >= 4 is 61.6 Å². The summed E-state index contributed by atoms with van der Waals surface area (Å²) < 4.78 is 1.47. The molecule has 0 radical (unpaired) electrons. The van der Waals surface area contributed by atoms with Gasteiger partial charge in [-0.1, -0.05) is 57.1 Å². The molecule has 1 unspecified atom stereocenters. The van der Waals surface area contributed by atoms with Crippen molar-refractivity contribution in [3.8, 4) is 0 Å².